The van der Waals surface area contributed by atoms with Crippen LogP contribution in [0, 0.1) is 0 Å². The van der Waals surface area contributed by atoms with Gasteiger partial charge in [-0.2, -0.15) is 0 Å². The smallest absolute Gasteiger partial charge is 0.191 e. The molecule has 1 saturated carbocycles. The van der Waals surface area contributed by atoms with Gasteiger partial charge in [-0.05, 0) is 57.0 Å². The molecule has 1 aliphatic heterocycles. The molecular formula is C21H35ClIN5. The molecule has 0 radical (unpaired) electrons. The van der Waals surface area contributed by atoms with Gasteiger partial charge in [0.1, 0.15) is 0 Å². The van der Waals surface area contributed by atoms with Crippen LogP contribution >= 0.6 is 35.6 Å². The molecule has 3 rings (SSSR count). The Labute approximate surface area is 192 Å². The maximum absolute atomic E-state index is 6.17. The normalized spacial score (nSPS) is 19.8. The fourth-order valence-corrected chi connectivity index (χ4v) is 3.94. The third-order valence-electron chi connectivity index (χ3n) is 5.90. The zero-order valence-corrected chi connectivity index (χ0v) is 20.3. The summed E-state index contributed by atoms with van der Waals surface area (Å²) in [6.07, 6.45) is 4.83. The number of nitrogens with one attached hydrogen (secondary N) is 2. The Morgan fingerprint density at radius 1 is 1.14 bits per heavy atom. The van der Waals surface area contributed by atoms with Crippen molar-refractivity contribution in [2.45, 2.75) is 31.1 Å². The van der Waals surface area contributed by atoms with Crippen molar-refractivity contribution >= 4 is 41.5 Å². The number of piperazine rings is 1. The predicted octanol–water partition coefficient (Wildman–Crippen LogP) is 3.18. The van der Waals surface area contributed by atoms with E-state index in [1.807, 2.05) is 19.2 Å². The molecule has 5 nitrogen and oxygen atoms in total. The van der Waals surface area contributed by atoms with Gasteiger partial charge < -0.3 is 20.4 Å². The summed E-state index contributed by atoms with van der Waals surface area (Å²) in [5, 5.41) is 7.80. The van der Waals surface area contributed by atoms with Crippen LogP contribution < -0.4 is 10.6 Å². The molecule has 0 unspecified atom stereocenters. The minimum atomic E-state index is 0. The van der Waals surface area contributed by atoms with Gasteiger partial charge >= 0.3 is 0 Å². The first-order valence-corrected chi connectivity index (χ1v) is 10.6. The number of halogens is 2. The Morgan fingerprint density at radius 2 is 1.89 bits per heavy atom. The largest absolute Gasteiger partial charge is 0.356 e. The lowest BCUT2D eigenvalue weighted by Crippen LogP contribution is -2.45. The molecule has 1 saturated heterocycles. The molecule has 7 heteroatoms. The number of rotatable bonds is 8. The van der Waals surface area contributed by atoms with E-state index in [9.17, 15) is 0 Å². The molecule has 1 aromatic rings. The highest BCUT2D eigenvalue weighted by Gasteiger charge is 2.44. The van der Waals surface area contributed by atoms with Crippen molar-refractivity contribution in [1.82, 2.24) is 20.4 Å². The Morgan fingerprint density at radius 3 is 2.54 bits per heavy atom. The summed E-state index contributed by atoms with van der Waals surface area (Å²) in [5.74, 6) is 0.905. The van der Waals surface area contributed by atoms with Crippen LogP contribution in [-0.4, -0.2) is 75.7 Å². The van der Waals surface area contributed by atoms with E-state index in [4.69, 9.17) is 11.6 Å². The topological polar surface area (TPSA) is 42.9 Å². The first kappa shape index (κ1) is 23.7. The number of likely N-dealkylation sites (N-methyl/N-ethyl adjacent to an activating group) is 1. The second-order valence-corrected chi connectivity index (χ2v) is 8.43. The van der Waals surface area contributed by atoms with Crippen molar-refractivity contribution in [2.75, 3.05) is 59.9 Å². The van der Waals surface area contributed by atoms with Crippen LogP contribution in [0.1, 0.15) is 31.2 Å². The lowest BCUT2D eigenvalue weighted by Gasteiger charge is -2.32. The van der Waals surface area contributed by atoms with E-state index in [1.165, 1.54) is 64.0 Å². The highest BCUT2D eigenvalue weighted by molar-refractivity contribution is 14.0. The maximum atomic E-state index is 6.17. The molecule has 2 aliphatic rings. The van der Waals surface area contributed by atoms with Crippen LogP contribution in [0.25, 0.3) is 0 Å². The zero-order chi connectivity index (χ0) is 19.1. The Kier molecular flexibility index (Phi) is 9.80. The molecule has 2 fully saturated rings. The van der Waals surface area contributed by atoms with E-state index in [2.05, 4.69) is 44.6 Å². The van der Waals surface area contributed by atoms with Crippen LogP contribution in [0.15, 0.2) is 29.3 Å². The molecule has 1 aromatic carbocycles. The molecule has 0 spiro atoms. The number of benzene rings is 1. The third kappa shape index (κ3) is 7.04. The van der Waals surface area contributed by atoms with E-state index in [0.29, 0.717) is 0 Å². The standard InChI is InChI=1S/C21H34ClN5.HI/c1-23-20(24-10-3-4-11-27-14-12-26(2)13-15-27)25-17-21(8-9-21)18-6-5-7-19(22)16-18;/h5-7,16H,3-4,8-15,17H2,1-2H3,(H2,23,24,25);1H. The molecular weight excluding hydrogens is 485 g/mol. The van der Waals surface area contributed by atoms with Gasteiger partial charge in [-0.3, -0.25) is 4.99 Å². The number of guanidine groups is 1. The van der Waals surface area contributed by atoms with E-state index < -0.39 is 0 Å². The number of nitrogens with zero attached hydrogens (tertiary/aromatic N) is 3. The molecule has 2 N–H and O–H groups in total. The molecule has 0 amide bonds. The van der Waals surface area contributed by atoms with Gasteiger partial charge in [0.25, 0.3) is 0 Å². The SMILES string of the molecule is CN=C(NCCCCN1CCN(C)CC1)NCC1(c2cccc(Cl)c2)CC1.I. The fourth-order valence-electron chi connectivity index (χ4n) is 3.75. The molecule has 1 heterocycles. The Hall–Kier alpha value is -0.570. The average Bonchev–Trinajstić information content (AvgIpc) is 3.47. The minimum Gasteiger partial charge on any atom is -0.356 e. The molecule has 1 aliphatic carbocycles. The monoisotopic (exact) mass is 519 g/mol. The summed E-state index contributed by atoms with van der Waals surface area (Å²) in [6.45, 7) is 7.90. The van der Waals surface area contributed by atoms with Crippen molar-refractivity contribution in [3.63, 3.8) is 0 Å². The Bertz CT molecular complexity index is 627. The van der Waals surface area contributed by atoms with Gasteiger partial charge in [0, 0.05) is 56.8 Å². The van der Waals surface area contributed by atoms with Crippen molar-refractivity contribution < 1.29 is 0 Å². The number of hydrogen-bond donors (Lipinski definition) is 2. The van der Waals surface area contributed by atoms with Crippen LogP contribution in [0.2, 0.25) is 5.02 Å². The molecule has 158 valence electrons. The van der Waals surface area contributed by atoms with Gasteiger partial charge in [0.05, 0.1) is 0 Å². The lowest BCUT2D eigenvalue weighted by atomic mass is 9.96. The summed E-state index contributed by atoms with van der Waals surface area (Å²) in [4.78, 5) is 9.36. The van der Waals surface area contributed by atoms with E-state index in [1.54, 1.807) is 0 Å². The highest BCUT2D eigenvalue weighted by Crippen LogP contribution is 2.48. The van der Waals surface area contributed by atoms with Crippen LogP contribution in [0.4, 0.5) is 0 Å². The fraction of sp³-hybridized carbons (Fsp3) is 0.667. The summed E-state index contributed by atoms with van der Waals surface area (Å²) in [6, 6.07) is 8.28. The predicted molar refractivity (Wildman–Crippen MR) is 130 cm³/mol. The van der Waals surface area contributed by atoms with Crippen molar-refractivity contribution in [1.29, 1.82) is 0 Å². The van der Waals surface area contributed by atoms with Gasteiger partial charge in [-0.1, -0.05) is 23.7 Å². The average molecular weight is 520 g/mol. The summed E-state index contributed by atoms with van der Waals surface area (Å²) >= 11 is 6.17. The van der Waals surface area contributed by atoms with E-state index in [0.717, 1.165) is 24.1 Å². The van der Waals surface area contributed by atoms with E-state index in [-0.39, 0.29) is 29.4 Å². The number of aliphatic imine (C=N–C) groups is 1. The lowest BCUT2D eigenvalue weighted by molar-refractivity contribution is 0.152. The zero-order valence-electron chi connectivity index (χ0n) is 17.2. The summed E-state index contributed by atoms with van der Waals surface area (Å²) in [7, 11) is 4.05. The van der Waals surface area contributed by atoms with E-state index >= 15 is 0 Å². The summed E-state index contributed by atoms with van der Waals surface area (Å²) in [5.41, 5.74) is 1.56. The molecule has 0 bridgehead atoms. The first-order valence-electron chi connectivity index (χ1n) is 10.2. The highest BCUT2D eigenvalue weighted by atomic mass is 127. The van der Waals surface area contributed by atoms with Gasteiger partial charge in [0.2, 0.25) is 0 Å². The summed E-state index contributed by atoms with van der Waals surface area (Å²) < 4.78 is 0. The van der Waals surface area contributed by atoms with Gasteiger partial charge in [0.15, 0.2) is 5.96 Å². The van der Waals surface area contributed by atoms with Crippen molar-refractivity contribution in [3.8, 4) is 0 Å². The quantitative estimate of drug-likeness (QED) is 0.240. The van der Waals surface area contributed by atoms with Crippen molar-refractivity contribution in [2.24, 2.45) is 4.99 Å². The van der Waals surface area contributed by atoms with Crippen LogP contribution in [-0.2, 0) is 5.41 Å². The first-order chi connectivity index (χ1) is 13.1. The van der Waals surface area contributed by atoms with Gasteiger partial charge in [-0.15, -0.1) is 24.0 Å². The minimum absolute atomic E-state index is 0. The van der Waals surface area contributed by atoms with Gasteiger partial charge in [-0.25, -0.2) is 0 Å². The Balaban J connectivity index is 0.00000280. The molecule has 0 atom stereocenters. The second-order valence-electron chi connectivity index (χ2n) is 8.00. The van der Waals surface area contributed by atoms with Crippen LogP contribution in [0.3, 0.4) is 0 Å². The van der Waals surface area contributed by atoms with Crippen LogP contribution in [0.5, 0.6) is 0 Å². The maximum Gasteiger partial charge on any atom is 0.191 e. The third-order valence-corrected chi connectivity index (χ3v) is 6.13. The number of hydrogen-bond acceptors (Lipinski definition) is 3. The molecule has 28 heavy (non-hydrogen) atoms. The second kappa shape index (κ2) is 11.6. The number of unbranched alkanes of at least 4 members (excludes halogenated alkanes) is 1. The molecule has 0 aromatic heterocycles. The van der Waals surface area contributed by atoms with Crippen molar-refractivity contribution in [3.05, 3.63) is 34.9 Å².